The van der Waals surface area contributed by atoms with Gasteiger partial charge in [-0.2, -0.15) is 0 Å². The van der Waals surface area contributed by atoms with E-state index in [4.69, 9.17) is 32.7 Å². The molecule has 6 heteroatoms. The second-order valence-electron chi connectivity index (χ2n) is 4.56. The maximum Gasteiger partial charge on any atom is 0.179 e. The molecule has 2 aromatic rings. The van der Waals surface area contributed by atoms with Crippen molar-refractivity contribution in [1.82, 2.24) is 0 Å². The minimum Gasteiger partial charge on any atom is -0.486 e. The van der Waals surface area contributed by atoms with Gasteiger partial charge >= 0.3 is 0 Å². The average molecular weight is 328 g/mol. The summed E-state index contributed by atoms with van der Waals surface area (Å²) < 4.78 is 24.8. The van der Waals surface area contributed by atoms with Crippen LogP contribution in [0.4, 0.5) is 10.1 Å². The quantitative estimate of drug-likeness (QED) is 0.899. The van der Waals surface area contributed by atoms with Gasteiger partial charge in [-0.15, -0.1) is 0 Å². The lowest BCUT2D eigenvalue weighted by Gasteiger charge is -2.20. The highest BCUT2D eigenvalue weighted by Gasteiger charge is 2.16. The minimum absolute atomic E-state index is 0.0835. The Morgan fingerprint density at radius 2 is 1.90 bits per heavy atom. The Morgan fingerprint density at radius 3 is 2.76 bits per heavy atom. The lowest BCUT2D eigenvalue weighted by atomic mass is 10.2. The van der Waals surface area contributed by atoms with Gasteiger partial charge in [0.1, 0.15) is 13.2 Å². The molecule has 0 saturated carbocycles. The highest BCUT2D eigenvalue weighted by molar-refractivity contribution is 6.32. The SMILES string of the molecule is Fc1c(Cl)cccc1NCc1cc(Cl)c2c(c1)OCCO2. The smallest absolute Gasteiger partial charge is 0.179 e. The number of ether oxygens (including phenoxy) is 2. The Balaban J connectivity index is 1.79. The van der Waals surface area contributed by atoms with Crippen LogP contribution in [-0.4, -0.2) is 13.2 Å². The fourth-order valence-electron chi connectivity index (χ4n) is 2.10. The normalized spacial score (nSPS) is 13.1. The maximum atomic E-state index is 13.8. The standard InChI is InChI=1S/C15H12Cl2FNO2/c16-10-2-1-3-12(14(10)18)19-8-9-6-11(17)15-13(7-9)20-4-5-21-15/h1-3,6-7,19H,4-5,8H2. The Labute approximate surface area is 131 Å². The van der Waals surface area contributed by atoms with Crippen LogP contribution in [0.1, 0.15) is 5.56 Å². The minimum atomic E-state index is -0.470. The predicted octanol–water partition coefficient (Wildman–Crippen LogP) is 4.52. The van der Waals surface area contributed by atoms with Gasteiger partial charge in [-0.25, -0.2) is 4.39 Å². The van der Waals surface area contributed by atoms with Crippen molar-refractivity contribution in [2.24, 2.45) is 0 Å². The van der Waals surface area contributed by atoms with Crippen molar-refractivity contribution >= 4 is 28.9 Å². The van der Waals surface area contributed by atoms with Gasteiger partial charge in [0.15, 0.2) is 17.3 Å². The average Bonchev–Trinajstić information content (AvgIpc) is 2.49. The number of anilines is 1. The lowest BCUT2D eigenvalue weighted by Crippen LogP contribution is -2.16. The first-order valence-corrected chi connectivity index (χ1v) is 7.16. The molecule has 0 spiro atoms. The third-order valence-electron chi connectivity index (χ3n) is 3.09. The molecule has 0 bridgehead atoms. The van der Waals surface area contributed by atoms with Gasteiger partial charge in [0, 0.05) is 6.54 Å². The van der Waals surface area contributed by atoms with E-state index in [2.05, 4.69) is 5.32 Å². The number of benzene rings is 2. The molecule has 0 fully saturated rings. The number of hydrogen-bond acceptors (Lipinski definition) is 3. The topological polar surface area (TPSA) is 30.5 Å². The van der Waals surface area contributed by atoms with Gasteiger partial charge in [-0.05, 0) is 29.8 Å². The maximum absolute atomic E-state index is 13.8. The third-order valence-corrected chi connectivity index (χ3v) is 3.66. The van der Waals surface area contributed by atoms with E-state index in [1.54, 1.807) is 18.2 Å². The van der Waals surface area contributed by atoms with Gasteiger partial charge in [-0.3, -0.25) is 0 Å². The molecular formula is C15H12Cl2FNO2. The summed E-state index contributed by atoms with van der Waals surface area (Å²) in [7, 11) is 0. The number of fused-ring (bicyclic) bond motifs is 1. The van der Waals surface area contributed by atoms with Gasteiger partial charge in [0.2, 0.25) is 0 Å². The summed E-state index contributed by atoms with van der Waals surface area (Å²) in [6.45, 7) is 1.37. The second kappa shape index (κ2) is 6.00. The molecule has 2 aromatic carbocycles. The molecular weight excluding hydrogens is 316 g/mol. The fourth-order valence-corrected chi connectivity index (χ4v) is 2.57. The molecule has 1 aliphatic rings. The summed E-state index contributed by atoms with van der Waals surface area (Å²) >= 11 is 11.9. The molecule has 1 N–H and O–H groups in total. The van der Waals surface area contributed by atoms with Crippen LogP contribution in [0.15, 0.2) is 30.3 Å². The Morgan fingerprint density at radius 1 is 1.10 bits per heavy atom. The van der Waals surface area contributed by atoms with E-state index < -0.39 is 5.82 Å². The summed E-state index contributed by atoms with van der Waals surface area (Å²) in [6, 6.07) is 8.41. The van der Waals surface area contributed by atoms with E-state index in [-0.39, 0.29) is 5.02 Å². The molecule has 3 nitrogen and oxygen atoms in total. The van der Waals surface area contributed by atoms with Crippen LogP contribution < -0.4 is 14.8 Å². The first-order chi connectivity index (χ1) is 10.1. The Bertz CT molecular complexity index is 679. The molecule has 1 heterocycles. The van der Waals surface area contributed by atoms with E-state index in [0.717, 1.165) is 5.56 Å². The zero-order chi connectivity index (χ0) is 14.8. The third kappa shape index (κ3) is 3.01. The Kier molecular flexibility index (Phi) is 4.08. The van der Waals surface area contributed by atoms with E-state index in [9.17, 15) is 4.39 Å². The predicted molar refractivity (Wildman–Crippen MR) is 81.2 cm³/mol. The highest BCUT2D eigenvalue weighted by atomic mass is 35.5. The monoisotopic (exact) mass is 327 g/mol. The molecule has 0 aliphatic carbocycles. The van der Waals surface area contributed by atoms with Crippen LogP contribution in [0.2, 0.25) is 10.0 Å². The van der Waals surface area contributed by atoms with Gasteiger partial charge in [0.25, 0.3) is 0 Å². The number of nitrogens with one attached hydrogen (secondary N) is 1. The fraction of sp³-hybridized carbons (Fsp3) is 0.200. The molecule has 110 valence electrons. The summed E-state index contributed by atoms with van der Waals surface area (Å²) in [5.74, 6) is 0.695. The van der Waals surface area contributed by atoms with Crippen molar-refractivity contribution in [3.8, 4) is 11.5 Å². The van der Waals surface area contributed by atoms with E-state index >= 15 is 0 Å². The van der Waals surface area contributed by atoms with Gasteiger partial charge in [0.05, 0.1) is 15.7 Å². The van der Waals surface area contributed by atoms with Gasteiger partial charge in [-0.1, -0.05) is 29.3 Å². The van der Waals surface area contributed by atoms with Crippen LogP contribution in [0.5, 0.6) is 11.5 Å². The summed E-state index contributed by atoms with van der Waals surface area (Å²) in [5.41, 5.74) is 1.21. The van der Waals surface area contributed by atoms with Crippen LogP contribution >= 0.6 is 23.2 Å². The van der Waals surface area contributed by atoms with Crippen LogP contribution in [-0.2, 0) is 6.54 Å². The number of rotatable bonds is 3. The van der Waals surface area contributed by atoms with Gasteiger partial charge < -0.3 is 14.8 Å². The lowest BCUT2D eigenvalue weighted by molar-refractivity contribution is 0.171. The molecule has 21 heavy (non-hydrogen) atoms. The largest absolute Gasteiger partial charge is 0.486 e. The highest BCUT2D eigenvalue weighted by Crippen LogP contribution is 2.38. The number of hydrogen-bond donors (Lipinski definition) is 1. The summed E-state index contributed by atoms with van der Waals surface area (Å²) in [4.78, 5) is 0. The van der Waals surface area contributed by atoms with E-state index in [1.807, 2.05) is 6.07 Å². The molecule has 1 aliphatic heterocycles. The van der Waals surface area contributed by atoms with Crippen molar-refractivity contribution in [3.63, 3.8) is 0 Å². The molecule has 0 saturated heterocycles. The Hall–Kier alpha value is -1.65. The summed E-state index contributed by atoms with van der Waals surface area (Å²) in [5, 5.41) is 3.56. The number of halogens is 3. The first kappa shape index (κ1) is 14.3. The zero-order valence-corrected chi connectivity index (χ0v) is 12.5. The van der Waals surface area contributed by atoms with Crippen molar-refractivity contribution in [3.05, 3.63) is 51.8 Å². The van der Waals surface area contributed by atoms with Crippen LogP contribution in [0, 0.1) is 5.82 Å². The van der Waals surface area contributed by atoms with Crippen molar-refractivity contribution in [2.75, 3.05) is 18.5 Å². The molecule has 0 aromatic heterocycles. The summed E-state index contributed by atoms with van der Waals surface area (Å²) in [6.07, 6.45) is 0. The molecule has 0 radical (unpaired) electrons. The van der Waals surface area contributed by atoms with Crippen LogP contribution in [0.25, 0.3) is 0 Å². The molecule has 0 atom stereocenters. The van der Waals surface area contributed by atoms with Crippen molar-refractivity contribution < 1.29 is 13.9 Å². The second-order valence-corrected chi connectivity index (χ2v) is 5.37. The van der Waals surface area contributed by atoms with Crippen molar-refractivity contribution in [1.29, 1.82) is 0 Å². The molecule has 0 unspecified atom stereocenters. The molecule has 0 amide bonds. The van der Waals surface area contributed by atoms with Crippen molar-refractivity contribution in [2.45, 2.75) is 6.54 Å². The van der Waals surface area contributed by atoms with E-state index in [0.29, 0.717) is 42.0 Å². The zero-order valence-electron chi connectivity index (χ0n) is 11.0. The molecule has 3 rings (SSSR count). The van der Waals surface area contributed by atoms with E-state index in [1.165, 1.54) is 6.07 Å². The first-order valence-electron chi connectivity index (χ1n) is 6.41. The van der Waals surface area contributed by atoms with Crippen LogP contribution in [0.3, 0.4) is 0 Å².